The van der Waals surface area contributed by atoms with Crippen LogP contribution >= 0.6 is 0 Å². The number of nitrogens with zero attached hydrogens (tertiary/aromatic N) is 5. The van der Waals surface area contributed by atoms with E-state index < -0.39 is 30.4 Å². The van der Waals surface area contributed by atoms with Crippen molar-refractivity contribution in [3.05, 3.63) is 65.7 Å². The third-order valence-corrected chi connectivity index (χ3v) is 11.5. The fourth-order valence-electron chi connectivity index (χ4n) is 8.54. The molecule has 13 nitrogen and oxygen atoms in total. The first kappa shape index (κ1) is 38.9. The van der Waals surface area contributed by atoms with Gasteiger partial charge in [0.2, 0.25) is 11.8 Å². The van der Waals surface area contributed by atoms with Gasteiger partial charge in [-0.15, -0.1) is 0 Å². The summed E-state index contributed by atoms with van der Waals surface area (Å²) in [6.07, 6.45) is 0.431. The molecule has 0 radical (unpaired) electrons. The average Bonchev–Trinajstić information content (AvgIpc) is 3.98. The van der Waals surface area contributed by atoms with E-state index in [1.165, 1.54) is 14.2 Å². The maximum Gasteiger partial charge on any atom is 0.407 e. The molecule has 14 heteroatoms. The number of nitrogens with one attached hydrogen (secondary N) is 2. The Labute approximate surface area is 326 Å². The van der Waals surface area contributed by atoms with Crippen LogP contribution in [0.2, 0.25) is 0 Å². The number of hydrogen-bond donors (Lipinski definition) is 2. The van der Waals surface area contributed by atoms with Gasteiger partial charge in [-0.2, -0.15) is 0 Å². The van der Waals surface area contributed by atoms with Crippen LogP contribution in [-0.2, 0) is 25.5 Å². The Morgan fingerprint density at radius 3 is 2.27 bits per heavy atom. The first-order valence-corrected chi connectivity index (χ1v) is 19.4. The lowest BCUT2D eigenvalue weighted by molar-refractivity contribution is -0.136. The Morgan fingerprint density at radius 1 is 0.875 bits per heavy atom. The summed E-state index contributed by atoms with van der Waals surface area (Å²) in [5, 5.41) is 7.28. The second kappa shape index (κ2) is 16.4. The van der Waals surface area contributed by atoms with Crippen molar-refractivity contribution in [2.24, 2.45) is 15.9 Å². The van der Waals surface area contributed by atoms with Crippen molar-refractivity contribution in [1.29, 1.82) is 0 Å². The normalized spacial score (nSPS) is 22.8. The zero-order chi connectivity index (χ0) is 39.7. The van der Waals surface area contributed by atoms with Crippen molar-refractivity contribution in [3.63, 3.8) is 0 Å². The number of methoxy groups -OCH3 is 2. The van der Waals surface area contributed by atoms with Gasteiger partial charge in [0.15, 0.2) is 0 Å². The summed E-state index contributed by atoms with van der Waals surface area (Å²) in [6, 6.07) is 17.3. The molecule has 5 unspecified atom stereocenters. The van der Waals surface area contributed by atoms with E-state index in [-0.39, 0.29) is 42.9 Å². The molecule has 4 heterocycles. The van der Waals surface area contributed by atoms with Gasteiger partial charge in [-0.1, -0.05) is 50.2 Å². The van der Waals surface area contributed by atoms with Crippen molar-refractivity contribution in [2.75, 3.05) is 47.4 Å². The monoisotopic (exact) mass is 767 g/mol. The molecule has 2 saturated heterocycles. The molecular weight excluding hydrogens is 718 g/mol. The summed E-state index contributed by atoms with van der Waals surface area (Å²) in [6.45, 7) is 5.35. The van der Waals surface area contributed by atoms with Gasteiger partial charge >= 0.3 is 12.2 Å². The molecule has 4 aliphatic rings. The van der Waals surface area contributed by atoms with E-state index in [0.717, 1.165) is 58.0 Å². The van der Waals surface area contributed by atoms with Gasteiger partial charge in [0, 0.05) is 26.1 Å². The Hall–Kier alpha value is -5.37. The highest BCUT2D eigenvalue weighted by atomic mass is 19.1. The highest BCUT2D eigenvalue weighted by Gasteiger charge is 2.42. The number of carbonyl (C=O) groups excluding carboxylic acids is 4. The van der Waals surface area contributed by atoms with Crippen molar-refractivity contribution in [3.8, 4) is 11.1 Å². The Balaban J connectivity index is 1.08. The smallest absolute Gasteiger partial charge is 0.407 e. The Morgan fingerprint density at radius 2 is 1.54 bits per heavy atom. The summed E-state index contributed by atoms with van der Waals surface area (Å²) in [7, 11) is 4.57. The number of likely N-dealkylation sites (N-methyl/N-ethyl adjacent to an activating group) is 1. The largest absolute Gasteiger partial charge is 0.453 e. The number of fused-ring (bicyclic) bond motifs is 2. The SMILES string of the molecule is COC(=O)NCC(=O)N1CCCC1C1=Nc2cc(-c3ccc4cc(C5=NC(C6CCCN6C(=O)C(NC(=O)OC)C(C)C)N(C)C5)ccc4c3)ccc2CC1F. The van der Waals surface area contributed by atoms with Gasteiger partial charge in [0.1, 0.15) is 24.9 Å². The van der Waals surface area contributed by atoms with Gasteiger partial charge in [0.25, 0.3) is 0 Å². The fraction of sp³-hybridized carbons (Fsp3) is 0.476. The van der Waals surface area contributed by atoms with Gasteiger partial charge in [-0.05, 0) is 89.9 Å². The van der Waals surface area contributed by atoms with Crippen molar-refractivity contribution in [2.45, 2.75) is 76.4 Å². The van der Waals surface area contributed by atoms with Crippen LogP contribution in [0.3, 0.4) is 0 Å². The van der Waals surface area contributed by atoms with E-state index in [4.69, 9.17) is 14.7 Å². The van der Waals surface area contributed by atoms with E-state index in [1.807, 2.05) is 44.0 Å². The quantitative estimate of drug-likeness (QED) is 0.303. The average molecular weight is 768 g/mol. The standard InChI is InChI=1S/C42H50FN7O6/c1-24(2)37(47-42(54)56-5)40(52)50-17-7-9-35(50)39-46-33(23-48(39)3)29-14-12-25-18-26(10-11-27(25)19-29)28-13-15-30-20-31(43)38(45-32(30)21-28)34-8-6-16-49(34)36(51)22-44-41(53)55-4/h10-15,18-19,21,24,31,34-35,37,39H,6-9,16-17,20,22-23H2,1-5H3,(H,44,53)(H,47,54). The van der Waals surface area contributed by atoms with E-state index in [2.05, 4.69) is 56.7 Å². The van der Waals surface area contributed by atoms with Crippen LogP contribution in [0.5, 0.6) is 0 Å². The van der Waals surface area contributed by atoms with Gasteiger partial charge in [-0.25, -0.2) is 14.0 Å². The Bertz CT molecular complexity index is 2090. The number of carbonyl (C=O) groups is 4. The summed E-state index contributed by atoms with van der Waals surface area (Å²) >= 11 is 0. The maximum atomic E-state index is 15.6. The number of ether oxygens (including phenoxy) is 2. The minimum Gasteiger partial charge on any atom is -0.453 e. The summed E-state index contributed by atoms with van der Waals surface area (Å²) in [4.78, 5) is 65.9. The van der Waals surface area contributed by atoms with Crippen LogP contribution in [-0.4, -0.2) is 128 Å². The third-order valence-electron chi connectivity index (χ3n) is 11.5. The van der Waals surface area contributed by atoms with Crippen LogP contribution in [0.1, 0.15) is 50.7 Å². The topological polar surface area (TPSA) is 145 Å². The first-order chi connectivity index (χ1) is 26.9. The molecule has 0 aliphatic carbocycles. The van der Waals surface area contributed by atoms with Crippen LogP contribution in [0.25, 0.3) is 21.9 Å². The minimum atomic E-state index is -1.30. The molecule has 7 rings (SSSR count). The van der Waals surface area contributed by atoms with Crippen molar-refractivity contribution in [1.82, 2.24) is 25.3 Å². The van der Waals surface area contributed by atoms with Gasteiger partial charge < -0.3 is 29.9 Å². The minimum absolute atomic E-state index is 0.101. The van der Waals surface area contributed by atoms with E-state index >= 15 is 4.39 Å². The van der Waals surface area contributed by atoms with E-state index in [0.29, 0.717) is 37.5 Å². The predicted molar refractivity (Wildman–Crippen MR) is 212 cm³/mol. The van der Waals surface area contributed by atoms with E-state index in [9.17, 15) is 19.2 Å². The van der Waals surface area contributed by atoms with E-state index in [1.54, 1.807) is 4.90 Å². The molecule has 2 fully saturated rings. The summed E-state index contributed by atoms with van der Waals surface area (Å²) in [5.41, 5.74) is 5.83. The number of rotatable bonds is 9. The molecule has 0 aromatic heterocycles. The molecule has 0 spiro atoms. The number of likely N-dealkylation sites (tertiary alicyclic amines) is 2. The molecule has 4 amide bonds. The summed E-state index contributed by atoms with van der Waals surface area (Å²) < 4.78 is 25.0. The number of alkyl carbamates (subject to hydrolysis) is 2. The molecule has 2 N–H and O–H groups in total. The third kappa shape index (κ3) is 7.84. The van der Waals surface area contributed by atoms with Gasteiger partial charge in [-0.3, -0.25) is 24.5 Å². The lowest BCUT2D eigenvalue weighted by atomic mass is 9.92. The predicted octanol–water partition coefficient (Wildman–Crippen LogP) is 5.25. The Kier molecular flexibility index (Phi) is 11.4. The second-order valence-corrected chi connectivity index (χ2v) is 15.4. The number of alkyl halides is 1. The molecular formula is C42H50FN7O6. The van der Waals surface area contributed by atoms with Crippen molar-refractivity contribution >= 4 is 51.9 Å². The number of hydrogen-bond acceptors (Lipinski definition) is 9. The fourth-order valence-corrected chi connectivity index (χ4v) is 8.54. The molecule has 0 saturated carbocycles. The van der Waals surface area contributed by atoms with Gasteiger partial charge in [0.05, 0.1) is 43.4 Å². The lowest BCUT2D eigenvalue weighted by Crippen LogP contribution is -2.55. The number of aliphatic imine (C=N–C) groups is 2. The van der Waals surface area contributed by atoms with Crippen LogP contribution in [0.15, 0.2) is 64.6 Å². The highest BCUT2D eigenvalue weighted by molar-refractivity contribution is 6.06. The molecule has 296 valence electrons. The molecule has 0 bridgehead atoms. The molecule has 4 aliphatic heterocycles. The summed E-state index contributed by atoms with van der Waals surface area (Å²) in [5.74, 6) is -0.504. The van der Waals surface area contributed by atoms with Crippen LogP contribution in [0, 0.1) is 5.92 Å². The number of amides is 4. The first-order valence-electron chi connectivity index (χ1n) is 19.4. The van der Waals surface area contributed by atoms with Crippen LogP contribution < -0.4 is 10.6 Å². The zero-order valence-electron chi connectivity index (χ0n) is 32.6. The second-order valence-electron chi connectivity index (χ2n) is 15.4. The molecule has 56 heavy (non-hydrogen) atoms. The highest BCUT2D eigenvalue weighted by Crippen LogP contribution is 2.36. The van der Waals surface area contributed by atoms with Crippen molar-refractivity contribution < 1.29 is 33.0 Å². The molecule has 3 aromatic rings. The molecule has 3 aromatic carbocycles. The molecule has 5 atom stereocenters. The number of benzene rings is 3. The zero-order valence-corrected chi connectivity index (χ0v) is 32.6. The van der Waals surface area contributed by atoms with Crippen LogP contribution in [0.4, 0.5) is 19.7 Å². The number of halogens is 1. The lowest BCUT2D eigenvalue weighted by Gasteiger charge is -2.34. The maximum absolute atomic E-state index is 15.6.